The highest BCUT2D eigenvalue weighted by atomic mass is 16.5. The molecule has 7 heteroatoms. The monoisotopic (exact) mass is 390 g/mol. The number of carbonyl (C=O) groups excluding carboxylic acids is 2. The molecule has 0 fully saturated rings. The average molecular weight is 390 g/mol. The number of hydrogen-bond acceptors (Lipinski definition) is 4. The standard InChI is InChI=1S/C22H22N4O3/c27-21-15-29-20-5-2-1-4-19(20)26(21)14-17-6-8-18(9-7-17)22(28)24-10-3-12-25-13-11-23-16-25/h1-2,4-9,11,13,16H,3,10,12,14-15H2,(H,24,28). The van der Waals surface area contributed by atoms with Gasteiger partial charge in [0, 0.05) is 31.0 Å². The molecule has 0 saturated heterocycles. The Morgan fingerprint density at radius 3 is 2.76 bits per heavy atom. The Kier molecular flexibility index (Phi) is 5.56. The molecular formula is C22H22N4O3. The van der Waals surface area contributed by atoms with E-state index in [0.29, 0.717) is 24.4 Å². The second-order valence-corrected chi connectivity index (χ2v) is 6.84. The minimum Gasteiger partial charge on any atom is -0.482 e. The van der Waals surface area contributed by atoms with Gasteiger partial charge in [-0.25, -0.2) is 4.98 Å². The maximum atomic E-state index is 12.3. The number of fused-ring (bicyclic) bond motifs is 1. The summed E-state index contributed by atoms with van der Waals surface area (Å²) < 4.78 is 7.45. The molecule has 3 aromatic rings. The predicted octanol–water partition coefficient (Wildman–Crippen LogP) is 2.63. The van der Waals surface area contributed by atoms with Crippen LogP contribution in [0.25, 0.3) is 0 Å². The summed E-state index contributed by atoms with van der Waals surface area (Å²) in [6.45, 7) is 1.88. The largest absolute Gasteiger partial charge is 0.482 e. The van der Waals surface area contributed by atoms with Gasteiger partial charge in [0.15, 0.2) is 6.61 Å². The molecule has 1 N–H and O–H groups in total. The van der Waals surface area contributed by atoms with Gasteiger partial charge < -0.3 is 19.5 Å². The van der Waals surface area contributed by atoms with Crippen LogP contribution in [0.4, 0.5) is 5.69 Å². The van der Waals surface area contributed by atoms with Crippen molar-refractivity contribution >= 4 is 17.5 Å². The van der Waals surface area contributed by atoms with Crippen molar-refractivity contribution in [3.05, 3.63) is 78.4 Å². The molecule has 1 aromatic heterocycles. The Labute approximate surface area is 168 Å². The molecule has 0 bridgehead atoms. The summed E-state index contributed by atoms with van der Waals surface area (Å²) in [6.07, 6.45) is 6.23. The summed E-state index contributed by atoms with van der Waals surface area (Å²) in [4.78, 5) is 30.3. The molecule has 2 amide bonds. The van der Waals surface area contributed by atoms with Crippen LogP contribution in [0, 0.1) is 0 Å². The highest BCUT2D eigenvalue weighted by Gasteiger charge is 2.25. The molecule has 4 rings (SSSR count). The highest BCUT2D eigenvalue weighted by molar-refractivity contribution is 5.98. The number of imidazole rings is 1. The Morgan fingerprint density at radius 1 is 1.14 bits per heavy atom. The molecule has 0 aliphatic carbocycles. The van der Waals surface area contributed by atoms with E-state index < -0.39 is 0 Å². The number of aryl methyl sites for hydroxylation is 1. The maximum absolute atomic E-state index is 12.3. The highest BCUT2D eigenvalue weighted by Crippen LogP contribution is 2.32. The van der Waals surface area contributed by atoms with Gasteiger partial charge >= 0.3 is 0 Å². The van der Waals surface area contributed by atoms with Crippen LogP contribution in [0.1, 0.15) is 22.3 Å². The normalized spacial score (nSPS) is 13.0. The van der Waals surface area contributed by atoms with Gasteiger partial charge in [-0.05, 0) is 36.2 Å². The molecule has 1 aliphatic rings. The lowest BCUT2D eigenvalue weighted by molar-refractivity contribution is -0.121. The van der Waals surface area contributed by atoms with Crippen molar-refractivity contribution in [3.63, 3.8) is 0 Å². The Hall–Kier alpha value is -3.61. The number of ether oxygens (including phenoxy) is 1. The lowest BCUT2D eigenvalue weighted by Gasteiger charge is -2.29. The number of amides is 2. The molecule has 2 heterocycles. The van der Waals surface area contributed by atoms with E-state index >= 15 is 0 Å². The SMILES string of the molecule is O=C(NCCCn1ccnc1)c1ccc(CN2C(=O)COc3ccccc32)cc1. The summed E-state index contributed by atoms with van der Waals surface area (Å²) >= 11 is 0. The molecule has 2 aromatic carbocycles. The van der Waals surface area contributed by atoms with Gasteiger partial charge in [-0.2, -0.15) is 0 Å². The lowest BCUT2D eigenvalue weighted by Crippen LogP contribution is -2.38. The molecule has 0 unspecified atom stereocenters. The number of nitrogens with one attached hydrogen (secondary N) is 1. The second-order valence-electron chi connectivity index (χ2n) is 6.84. The zero-order valence-electron chi connectivity index (χ0n) is 16.0. The van der Waals surface area contributed by atoms with Crippen molar-refractivity contribution < 1.29 is 14.3 Å². The Balaban J connectivity index is 1.33. The van der Waals surface area contributed by atoms with E-state index in [0.717, 1.165) is 24.2 Å². The van der Waals surface area contributed by atoms with Crippen molar-refractivity contribution in [2.75, 3.05) is 18.1 Å². The summed E-state index contributed by atoms with van der Waals surface area (Å²) in [5, 5.41) is 2.93. The molecule has 0 radical (unpaired) electrons. The molecular weight excluding hydrogens is 368 g/mol. The third-order valence-corrected chi connectivity index (χ3v) is 4.80. The van der Waals surface area contributed by atoms with E-state index in [2.05, 4.69) is 10.3 Å². The first-order chi connectivity index (χ1) is 14.2. The number of hydrogen-bond donors (Lipinski definition) is 1. The van der Waals surface area contributed by atoms with Crippen molar-refractivity contribution in [2.45, 2.75) is 19.5 Å². The van der Waals surface area contributed by atoms with Crippen molar-refractivity contribution in [2.24, 2.45) is 0 Å². The third-order valence-electron chi connectivity index (χ3n) is 4.80. The first-order valence-corrected chi connectivity index (χ1v) is 9.56. The summed E-state index contributed by atoms with van der Waals surface area (Å²) in [5.41, 5.74) is 2.32. The van der Waals surface area contributed by atoms with E-state index in [1.165, 1.54) is 0 Å². The zero-order chi connectivity index (χ0) is 20.1. The van der Waals surface area contributed by atoms with Gasteiger partial charge in [0.05, 0.1) is 18.6 Å². The smallest absolute Gasteiger partial charge is 0.265 e. The van der Waals surface area contributed by atoms with Crippen LogP contribution in [0.5, 0.6) is 5.75 Å². The maximum Gasteiger partial charge on any atom is 0.265 e. The van der Waals surface area contributed by atoms with Gasteiger partial charge in [-0.15, -0.1) is 0 Å². The fraction of sp³-hybridized carbons (Fsp3) is 0.227. The fourth-order valence-corrected chi connectivity index (χ4v) is 3.26. The fourth-order valence-electron chi connectivity index (χ4n) is 3.26. The number of para-hydroxylation sites is 2. The summed E-state index contributed by atoms with van der Waals surface area (Å²) in [5.74, 6) is 0.525. The van der Waals surface area contributed by atoms with E-state index in [4.69, 9.17) is 4.74 Å². The number of anilines is 1. The van der Waals surface area contributed by atoms with Crippen LogP contribution in [0.15, 0.2) is 67.3 Å². The van der Waals surface area contributed by atoms with Crippen LogP contribution in [-0.4, -0.2) is 34.5 Å². The quantitative estimate of drug-likeness (QED) is 0.629. The van der Waals surface area contributed by atoms with Crippen LogP contribution in [0.2, 0.25) is 0 Å². The Morgan fingerprint density at radius 2 is 1.97 bits per heavy atom. The number of rotatable bonds is 7. The van der Waals surface area contributed by atoms with Gasteiger partial charge in [0.2, 0.25) is 0 Å². The zero-order valence-corrected chi connectivity index (χ0v) is 16.0. The predicted molar refractivity (Wildman–Crippen MR) is 109 cm³/mol. The molecule has 0 saturated carbocycles. The molecule has 0 spiro atoms. The molecule has 29 heavy (non-hydrogen) atoms. The van der Waals surface area contributed by atoms with Crippen molar-refractivity contribution in [1.82, 2.24) is 14.9 Å². The molecule has 148 valence electrons. The van der Waals surface area contributed by atoms with Crippen LogP contribution in [-0.2, 0) is 17.9 Å². The van der Waals surface area contributed by atoms with E-state index in [-0.39, 0.29) is 18.4 Å². The number of nitrogens with zero attached hydrogens (tertiary/aromatic N) is 3. The first-order valence-electron chi connectivity index (χ1n) is 9.56. The summed E-state index contributed by atoms with van der Waals surface area (Å²) in [6, 6.07) is 14.8. The van der Waals surface area contributed by atoms with Gasteiger partial charge in [-0.3, -0.25) is 9.59 Å². The molecule has 7 nitrogen and oxygen atoms in total. The number of aromatic nitrogens is 2. The lowest BCUT2D eigenvalue weighted by atomic mass is 10.1. The van der Waals surface area contributed by atoms with Crippen molar-refractivity contribution in [1.29, 1.82) is 0 Å². The Bertz CT molecular complexity index is 984. The van der Waals surface area contributed by atoms with E-state index in [1.54, 1.807) is 29.6 Å². The number of benzene rings is 2. The molecule has 1 aliphatic heterocycles. The van der Waals surface area contributed by atoms with Crippen LogP contribution >= 0.6 is 0 Å². The van der Waals surface area contributed by atoms with Gasteiger partial charge in [0.25, 0.3) is 11.8 Å². The van der Waals surface area contributed by atoms with Crippen LogP contribution in [0.3, 0.4) is 0 Å². The minimum absolute atomic E-state index is 0.0383. The van der Waals surface area contributed by atoms with Crippen molar-refractivity contribution in [3.8, 4) is 5.75 Å². The second kappa shape index (κ2) is 8.60. The minimum atomic E-state index is -0.102. The molecule has 0 atom stereocenters. The summed E-state index contributed by atoms with van der Waals surface area (Å²) in [7, 11) is 0. The first kappa shape index (κ1) is 18.7. The van der Waals surface area contributed by atoms with Gasteiger partial charge in [-0.1, -0.05) is 24.3 Å². The third kappa shape index (κ3) is 4.45. The van der Waals surface area contributed by atoms with E-state index in [9.17, 15) is 9.59 Å². The van der Waals surface area contributed by atoms with Crippen LogP contribution < -0.4 is 15.0 Å². The number of carbonyl (C=O) groups is 2. The topological polar surface area (TPSA) is 76.5 Å². The average Bonchev–Trinajstić information content (AvgIpc) is 3.27. The van der Waals surface area contributed by atoms with Gasteiger partial charge in [0.1, 0.15) is 5.75 Å². The van der Waals surface area contributed by atoms with E-state index in [1.807, 2.05) is 47.2 Å².